The molecule has 1 aliphatic carbocycles. The van der Waals surface area contributed by atoms with Crippen LogP contribution in [0.1, 0.15) is 37.7 Å². The number of anilines is 1. The third kappa shape index (κ3) is 11.0. The molecular formula is C34H48N6O10S. The van der Waals surface area contributed by atoms with Gasteiger partial charge in [-0.1, -0.05) is 53.7 Å². The van der Waals surface area contributed by atoms with Crippen LogP contribution in [0, 0.1) is 5.92 Å². The number of nitrogens with one attached hydrogen (secondary N) is 5. The van der Waals surface area contributed by atoms with E-state index in [0.29, 0.717) is 31.6 Å². The van der Waals surface area contributed by atoms with E-state index < -0.39 is 53.2 Å². The van der Waals surface area contributed by atoms with E-state index in [9.17, 15) is 27.9 Å². The maximum absolute atomic E-state index is 14.1. The van der Waals surface area contributed by atoms with Gasteiger partial charge in [0.1, 0.15) is 6.10 Å². The minimum Gasteiger partial charge on any atom is -0.443 e. The highest BCUT2D eigenvalue weighted by Gasteiger charge is 2.44. The molecule has 6 N–H and O–H groups in total. The summed E-state index contributed by atoms with van der Waals surface area (Å²) < 4.78 is 46.0. The summed E-state index contributed by atoms with van der Waals surface area (Å²) in [7, 11) is -2.85. The van der Waals surface area contributed by atoms with E-state index in [2.05, 4.69) is 26.6 Å². The van der Waals surface area contributed by atoms with Gasteiger partial charge in [0.25, 0.3) is 10.0 Å². The van der Waals surface area contributed by atoms with Gasteiger partial charge in [0.2, 0.25) is 5.91 Å². The van der Waals surface area contributed by atoms with E-state index in [1.165, 1.54) is 19.2 Å². The first-order valence-electron chi connectivity index (χ1n) is 17.3. The fourth-order valence-corrected chi connectivity index (χ4v) is 7.58. The number of alkyl carbamates (subject to hydrolysis) is 1. The van der Waals surface area contributed by atoms with E-state index >= 15 is 0 Å². The van der Waals surface area contributed by atoms with Crippen molar-refractivity contribution in [2.75, 3.05) is 51.8 Å². The number of hydrogen-bond donors (Lipinski definition) is 6. The summed E-state index contributed by atoms with van der Waals surface area (Å²) >= 11 is 0. The molecule has 0 bridgehead atoms. The van der Waals surface area contributed by atoms with Crippen molar-refractivity contribution in [3.05, 3.63) is 60.2 Å². The highest BCUT2D eigenvalue weighted by Crippen LogP contribution is 2.33. The Labute approximate surface area is 297 Å². The van der Waals surface area contributed by atoms with Gasteiger partial charge in [-0.3, -0.25) is 9.63 Å². The number of ether oxygens (including phenoxy) is 3. The number of aliphatic hydroxyl groups is 1. The van der Waals surface area contributed by atoms with E-state index in [-0.39, 0.29) is 55.5 Å². The molecule has 280 valence electrons. The highest BCUT2D eigenvalue weighted by molar-refractivity contribution is 7.89. The topological polar surface area (TPSA) is 206 Å². The zero-order chi connectivity index (χ0) is 36.2. The third-order valence-corrected chi connectivity index (χ3v) is 10.7. The molecule has 16 nitrogen and oxygen atoms in total. The number of carbonyl (C=O) groups is 3. The average molecular weight is 733 g/mol. The molecule has 2 aromatic rings. The number of likely N-dealkylation sites (N-methyl/N-ethyl adjacent to an activating group) is 1. The summed E-state index contributed by atoms with van der Waals surface area (Å²) in [4.78, 5) is 42.4. The molecule has 2 aliphatic heterocycles. The third-order valence-electron chi connectivity index (χ3n) is 9.04. The molecule has 0 aromatic heterocycles. The lowest BCUT2D eigenvalue weighted by Gasteiger charge is -2.31. The Morgan fingerprint density at radius 3 is 2.55 bits per heavy atom. The van der Waals surface area contributed by atoms with Crippen LogP contribution in [0.4, 0.5) is 15.3 Å². The molecule has 3 aliphatic rings. The van der Waals surface area contributed by atoms with Gasteiger partial charge in [-0.25, -0.2) is 18.0 Å². The number of fused-ring (bicyclic) bond motifs is 1. The molecule has 4 amide bonds. The number of nitrogens with zero attached hydrogens (tertiary/aromatic N) is 1. The first-order chi connectivity index (χ1) is 24.6. The Morgan fingerprint density at radius 2 is 1.78 bits per heavy atom. The van der Waals surface area contributed by atoms with Crippen molar-refractivity contribution >= 4 is 33.7 Å². The zero-order valence-electron chi connectivity index (χ0n) is 28.6. The monoisotopic (exact) mass is 732 g/mol. The van der Waals surface area contributed by atoms with Gasteiger partial charge in [0.15, 0.2) is 6.29 Å². The lowest BCUT2D eigenvalue weighted by Crippen LogP contribution is -2.51. The average Bonchev–Trinajstić information content (AvgIpc) is 3.90. The minimum absolute atomic E-state index is 0.0736. The number of benzene rings is 2. The van der Waals surface area contributed by atoms with Crippen molar-refractivity contribution in [2.24, 2.45) is 5.92 Å². The molecule has 0 radical (unpaired) electrons. The number of hydrogen-bond acceptors (Lipinski definition) is 11. The van der Waals surface area contributed by atoms with E-state index in [0.717, 1.165) is 22.9 Å². The van der Waals surface area contributed by atoms with Gasteiger partial charge in [0, 0.05) is 25.8 Å². The summed E-state index contributed by atoms with van der Waals surface area (Å²) in [5.41, 5.74) is 1.29. The normalized spacial score (nSPS) is 21.4. The fraction of sp³-hybridized carbons (Fsp3) is 0.559. The van der Waals surface area contributed by atoms with E-state index in [4.69, 9.17) is 19.0 Å². The van der Waals surface area contributed by atoms with Crippen LogP contribution in [0.3, 0.4) is 0 Å². The first kappa shape index (κ1) is 38.2. The summed E-state index contributed by atoms with van der Waals surface area (Å²) in [6, 6.07) is 13.9. The van der Waals surface area contributed by atoms with Crippen molar-refractivity contribution in [3.8, 4) is 0 Å². The fourth-order valence-electron chi connectivity index (χ4n) is 6.24. The van der Waals surface area contributed by atoms with Gasteiger partial charge in [-0.05, 0) is 49.4 Å². The number of urea groups is 1. The van der Waals surface area contributed by atoms with Crippen molar-refractivity contribution in [1.29, 1.82) is 0 Å². The van der Waals surface area contributed by atoms with Crippen molar-refractivity contribution in [2.45, 2.75) is 74.1 Å². The number of hydroxylamine groups is 1. The smallest absolute Gasteiger partial charge is 0.407 e. The van der Waals surface area contributed by atoms with Crippen LogP contribution in [-0.2, 0) is 40.3 Å². The summed E-state index contributed by atoms with van der Waals surface area (Å²) in [5, 5.41) is 24.9. The van der Waals surface area contributed by atoms with Crippen molar-refractivity contribution in [3.63, 3.8) is 0 Å². The predicted octanol–water partition coefficient (Wildman–Crippen LogP) is 1.47. The van der Waals surface area contributed by atoms with E-state index in [1.54, 1.807) is 12.1 Å². The first-order valence-corrected chi connectivity index (χ1v) is 18.7. The second kappa shape index (κ2) is 18.5. The van der Waals surface area contributed by atoms with Crippen LogP contribution >= 0.6 is 0 Å². The number of rotatable bonds is 17. The molecule has 51 heavy (non-hydrogen) atoms. The quantitative estimate of drug-likeness (QED) is 0.102. The molecule has 5 atom stereocenters. The van der Waals surface area contributed by atoms with Crippen LogP contribution in [0.15, 0.2) is 59.5 Å². The molecule has 3 fully saturated rings. The van der Waals surface area contributed by atoms with Crippen LogP contribution in [0.5, 0.6) is 0 Å². The molecule has 0 unspecified atom stereocenters. The molecule has 5 rings (SSSR count). The van der Waals surface area contributed by atoms with E-state index in [1.807, 2.05) is 30.3 Å². The van der Waals surface area contributed by atoms with Gasteiger partial charge in [-0.15, -0.1) is 0 Å². The Kier molecular flexibility index (Phi) is 13.9. The Morgan fingerprint density at radius 1 is 1.00 bits per heavy atom. The Balaban J connectivity index is 1.26. The standard InChI is InChI=1S/C34H48N6O10S/c1-35-31(42)20-38-33(43)37-16-15-36-24-10-7-13-26(19-24)51(45,46)40(50-25-11-5-6-12-25)21-29(41)28(18-23-8-3-2-4-9-23)39-34(44)49-30-22-48-32-27(30)14-17-47-32/h2-4,7-10,13,19,25,27-30,32,36,41H,5-6,11-12,14-18,20-22H2,1H3,(H,35,42)(H,39,44)(H2,37,38,43)/t27-,28-,29+,30-,32+/m0/s1. The second-order valence-corrected chi connectivity index (χ2v) is 14.5. The summed E-state index contributed by atoms with van der Waals surface area (Å²) in [6.45, 7) is 0.559. The SMILES string of the molecule is CNC(=O)CNC(=O)NCCNc1cccc(S(=O)(=O)N(C[C@@H](O)[C@H](Cc2ccccc2)NC(=O)O[C@H]2CO[C@H]3OCC[C@H]32)OC2CCCC2)c1. The second-order valence-electron chi connectivity index (χ2n) is 12.7. The molecule has 1 saturated carbocycles. The highest BCUT2D eigenvalue weighted by atomic mass is 32.2. The van der Waals surface area contributed by atoms with Crippen LogP contribution in [0.2, 0.25) is 0 Å². The number of carbonyl (C=O) groups excluding carboxylic acids is 3. The number of amides is 4. The molecule has 2 aromatic carbocycles. The van der Waals surface area contributed by atoms with Crippen molar-refractivity contribution in [1.82, 2.24) is 25.7 Å². The molecule has 2 saturated heterocycles. The Bertz CT molecular complexity index is 1560. The Hall–Kier alpha value is -4.00. The molecule has 2 heterocycles. The molecular weight excluding hydrogens is 684 g/mol. The lowest BCUT2D eigenvalue weighted by atomic mass is 10.0. The number of aliphatic hydroxyl groups excluding tert-OH is 1. The molecule has 17 heteroatoms. The van der Waals surface area contributed by atoms with Crippen LogP contribution in [0.25, 0.3) is 0 Å². The van der Waals surface area contributed by atoms with Gasteiger partial charge in [0.05, 0.1) is 55.4 Å². The van der Waals surface area contributed by atoms with Gasteiger partial charge in [-0.2, -0.15) is 0 Å². The van der Waals surface area contributed by atoms with Crippen molar-refractivity contribution < 1.29 is 47.0 Å². The molecule has 0 spiro atoms. The predicted molar refractivity (Wildman–Crippen MR) is 185 cm³/mol. The minimum atomic E-state index is -4.31. The summed E-state index contributed by atoms with van der Waals surface area (Å²) in [5.74, 6) is -0.409. The lowest BCUT2D eigenvalue weighted by molar-refractivity contribution is -0.145. The largest absolute Gasteiger partial charge is 0.443 e. The van der Waals surface area contributed by atoms with Crippen LogP contribution < -0.4 is 26.6 Å². The zero-order valence-corrected chi connectivity index (χ0v) is 29.4. The maximum Gasteiger partial charge on any atom is 0.407 e. The maximum atomic E-state index is 14.1. The van der Waals surface area contributed by atoms with Crippen LogP contribution in [-0.4, -0.2) is 113 Å². The van der Waals surface area contributed by atoms with Gasteiger partial charge >= 0.3 is 12.1 Å². The van der Waals surface area contributed by atoms with Gasteiger partial charge < -0.3 is 45.9 Å². The summed E-state index contributed by atoms with van der Waals surface area (Å²) in [6.07, 6.45) is 0.607. The number of sulfonamides is 1.